The van der Waals surface area contributed by atoms with Crippen molar-refractivity contribution in [2.45, 2.75) is 58.1 Å². The number of hydrogen-bond donors (Lipinski definition) is 0. The second-order valence-electron chi connectivity index (χ2n) is 6.42. The van der Waals surface area contributed by atoms with Crippen LogP contribution in [0.2, 0.25) is 0 Å². The Morgan fingerprint density at radius 3 is 2.61 bits per heavy atom. The third-order valence-corrected chi connectivity index (χ3v) is 3.90. The van der Waals surface area contributed by atoms with Crippen molar-refractivity contribution < 1.29 is 9.53 Å². The van der Waals surface area contributed by atoms with Gasteiger partial charge in [-0.2, -0.15) is 5.26 Å². The van der Waals surface area contributed by atoms with E-state index in [1.165, 1.54) is 12.8 Å². The van der Waals surface area contributed by atoms with Crippen LogP contribution in [0.5, 0.6) is 0 Å². The highest BCUT2D eigenvalue weighted by Crippen LogP contribution is 2.40. The Balaban J connectivity index is 2.09. The van der Waals surface area contributed by atoms with Crippen LogP contribution in [0.15, 0.2) is 0 Å². The fraction of sp³-hybridized carbons (Fsp3) is 0.857. The van der Waals surface area contributed by atoms with Gasteiger partial charge in [-0.1, -0.05) is 12.8 Å². The normalized spacial score (nSPS) is 31.7. The largest absolute Gasteiger partial charge is 0.444 e. The van der Waals surface area contributed by atoms with Crippen molar-refractivity contribution in [3.63, 3.8) is 0 Å². The standard InChI is InChI=1S/C14H22N2O2/c1-14(2,3)18-13(17)16-9-10-6-4-5-7-11(10)12(16)8-15/h10-12H,4-7,9H2,1-3H3. The van der Waals surface area contributed by atoms with E-state index >= 15 is 0 Å². The molecule has 2 aliphatic rings. The van der Waals surface area contributed by atoms with Gasteiger partial charge in [0.05, 0.1) is 6.07 Å². The van der Waals surface area contributed by atoms with Gasteiger partial charge in [-0.15, -0.1) is 0 Å². The van der Waals surface area contributed by atoms with Gasteiger partial charge < -0.3 is 4.74 Å². The summed E-state index contributed by atoms with van der Waals surface area (Å²) in [6.45, 7) is 6.26. The highest BCUT2D eigenvalue weighted by molar-refractivity contribution is 5.69. The number of rotatable bonds is 0. The van der Waals surface area contributed by atoms with Gasteiger partial charge in [-0.3, -0.25) is 4.90 Å². The third-order valence-electron chi connectivity index (χ3n) is 3.90. The van der Waals surface area contributed by atoms with Crippen molar-refractivity contribution in [3.8, 4) is 6.07 Å². The Morgan fingerprint density at radius 1 is 1.33 bits per heavy atom. The summed E-state index contributed by atoms with van der Waals surface area (Å²) in [5.41, 5.74) is -0.495. The van der Waals surface area contributed by atoms with Gasteiger partial charge in [-0.05, 0) is 45.4 Å². The molecule has 1 aliphatic heterocycles. The molecule has 0 bridgehead atoms. The molecule has 18 heavy (non-hydrogen) atoms. The predicted molar refractivity (Wildman–Crippen MR) is 67.8 cm³/mol. The number of hydrogen-bond acceptors (Lipinski definition) is 3. The molecule has 2 rings (SSSR count). The summed E-state index contributed by atoms with van der Waals surface area (Å²) < 4.78 is 5.40. The molecule has 1 saturated carbocycles. The van der Waals surface area contributed by atoms with Gasteiger partial charge in [0.2, 0.25) is 0 Å². The molecule has 0 aromatic carbocycles. The van der Waals surface area contributed by atoms with Crippen molar-refractivity contribution >= 4 is 6.09 Å². The minimum absolute atomic E-state index is 0.287. The summed E-state index contributed by atoms with van der Waals surface area (Å²) in [5.74, 6) is 0.854. The van der Waals surface area contributed by atoms with Gasteiger partial charge in [0.25, 0.3) is 0 Å². The van der Waals surface area contributed by atoms with Crippen LogP contribution in [0.3, 0.4) is 0 Å². The summed E-state index contributed by atoms with van der Waals surface area (Å²) in [7, 11) is 0. The second-order valence-corrected chi connectivity index (χ2v) is 6.42. The Kier molecular flexibility index (Phi) is 3.52. The van der Waals surface area contributed by atoms with Gasteiger partial charge in [0.1, 0.15) is 11.6 Å². The minimum Gasteiger partial charge on any atom is -0.444 e. The third kappa shape index (κ3) is 2.60. The van der Waals surface area contributed by atoms with Crippen molar-refractivity contribution in [3.05, 3.63) is 0 Å². The van der Waals surface area contributed by atoms with Crippen LogP contribution >= 0.6 is 0 Å². The predicted octanol–water partition coefficient (Wildman–Crippen LogP) is 2.94. The Hall–Kier alpha value is -1.24. The zero-order chi connectivity index (χ0) is 13.3. The summed E-state index contributed by atoms with van der Waals surface area (Å²) >= 11 is 0. The average Bonchev–Trinajstić information content (AvgIpc) is 2.65. The minimum atomic E-state index is -0.495. The van der Waals surface area contributed by atoms with Crippen LogP contribution in [0, 0.1) is 23.2 Å². The number of nitriles is 1. The lowest BCUT2D eigenvalue weighted by atomic mass is 9.79. The Morgan fingerprint density at radius 2 is 2.00 bits per heavy atom. The van der Waals surface area contributed by atoms with Crippen LogP contribution in [-0.4, -0.2) is 29.2 Å². The number of fused-ring (bicyclic) bond motifs is 1. The molecule has 2 fully saturated rings. The van der Waals surface area contributed by atoms with Crippen LogP contribution in [0.1, 0.15) is 46.5 Å². The van der Waals surface area contributed by atoms with Crippen LogP contribution in [0.4, 0.5) is 4.79 Å². The van der Waals surface area contributed by atoms with Gasteiger partial charge in [0.15, 0.2) is 0 Å². The average molecular weight is 250 g/mol. The zero-order valence-corrected chi connectivity index (χ0v) is 11.5. The first kappa shape index (κ1) is 13.2. The molecule has 1 aliphatic carbocycles. The first-order chi connectivity index (χ1) is 8.42. The van der Waals surface area contributed by atoms with E-state index in [9.17, 15) is 10.1 Å². The highest BCUT2D eigenvalue weighted by Gasteiger charge is 2.46. The topological polar surface area (TPSA) is 53.3 Å². The monoisotopic (exact) mass is 250 g/mol. The first-order valence-electron chi connectivity index (χ1n) is 6.81. The van der Waals surface area contributed by atoms with E-state index in [1.54, 1.807) is 4.90 Å². The zero-order valence-electron chi connectivity index (χ0n) is 11.5. The molecule has 4 heteroatoms. The molecule has 100 valence electrons. The van der Waals surface area contributed by atoms with Crippen LogP contribution in [-0.2, 0) is 4.74 Å². The molecule has 4 nitrogen and oxygen atoms in total. The van der Waals surface area contributed by atoms with E-state index in [0.717, 1.165) is 12.8 Å². The van der Waals surface area contributed by atoms with E-state index < -0.39 is 5.60 Å². The smallest absolute Gasteiger partial charge is 0.411 e. The summed E-state index contributed by atoms with van der Waals surface area (Å²) in [6.07, 6.45) is 4.29. The fourth-order valence-corrected chi connectivity index (χ4v) is 3.15. The first-order valence-corrected chi connectivity index (χ1v) is 6.81. The molecule has 0 spiro atoms. The highest BCUT2D eigenvalue weighted by atomic mass is 16.6. The quantitative estimate of drug-likeness (QED) is 0.664. The van der Waals surface area contributed by atoms with Gasteiger partial charge in [-0.25, -0.2) is 4.79 Å². The maximum Gasteiger partial charge on any atom is 0.411 e. The van der Waals surface area contributed by atoms with Crippen molar-refractivity contribution in [2.75, 3.05) is 6.54 Å². The van der Waals surface area contributed by atoms with E-state index in [0.29, 0.717) is 18.4 Å². The van der Waals surface area contributed by atoms with E-state index in [1.807, 2.05) is 20.8 Å². The van der Waals surface area contributed by atoms with Crippen molar-refractivity contribution in [1.29, 1.82) is 5.26 Å². The van der Waals surface area contributed by atoms with E-state index in [2.05, 4.69) is 6.07 Å². The molecular formula is C14H22N2O2. The maximum absolute atomic E-state index is 12.1. The number of amides is 1. The number of carbonyl (C=O) groups excluding carboxylic acids is 1. The molecule has 0 radical (unpaired) electrons. The molecule has 3 atom stereocenters. The van der Waals surface area contributed by atoms with Crippen LogP contribution in [0.25, 0.3) is 0 Å². The lowest BCUT2D eigenvalue weighted by Gasteiger charge is -2.27. The van der Waals surface area contributed by atoms with Gasteiger partial charge >= 0.3 is 6.09 Å². The van der Waals surface area contributed by atoms with Crippen LogP contribution < -0.4 is 0 Å². The molecule has 3 unspecified atom stereocenters. The van der Waals surface area contributed by atoms with Crippen molar-refractivity contribution in [1.82, 2.24) is 4.90 Å². The molecule has 1 saturated heterocycles. The lowest BCUT2D eigenvalue weighted by molar-refractivity contribution is 0.0245. The molecule has 0 N–H and O–H groups in total. The molecular weight excluding hydrogens is 228 g/mol. The van der Waals surface area contributed by atoms with E-state index in [-0.39, 0.29) is 12.1 Å². The molecule has 1 heterocycles. The number of carbonyl (C=O) groups is 1. The summed E-state index contributed by atoms with van der Waals surface area (Å²) in [4.78, 5) is 13.8. The second kappa shape index (κ2) is 4.79. The molecule has 1 amide bonds. The molecule has 0 aromatic heterocycles. The molecule has 0 aromatic rings. The summed E-state index contributed by atoms with van der Waals surface area (Å²) in [6, 6.07) is 2.02. The number of likely N-dealkylation sites (tertiary alicyclic amines) is 1. The number of nitrogens with zero attached hydrogens (tertiary/aromatic N) is 2. The van der Waals surface area contributed by atoms with Crippen molar-refractivity contribution in [2.24, 2.45) is 11.8 Å². The fourth-order valence-electron chi connectivity index (χ4n) is 3.15. The summed E-state index contributed by atoms with van der Waals surface area (Å²) in [5, 5.41) is 9.32. The SMILES string of the molecule is CC(C)(C)OC(=O)N1CC2CCCCC2C1C#N. The van der Waals surface area contributed by atoms with E-state index in [4.69, 9.17) is 4.74 Å². The number of ether oxygens (including phenoxy) is 1. The van der Waals surface area contributed by atoms with Gasteiger partial charge in [0, 0.05) is 6.54 Å². The Labute approximate surface area is 109 Å². The maximum atomic E-state index is 12.1. The lowest BCUT2D eigenvalue weighted by Crippen LogP contribution is -2.40. The Bertz CT molecular complexity index is 367.